The number of hydrogen-bond donors (Lipinski definition) is 1. The van der Waals surface area contributed by atoms with Crippen molar-refractivity contribution < 1.29 is 0 Å². The van der Waals surface area contributed by atoms with Gasteiger partial charge in [-0.15, -0.1) is 0 Å². The van der Waals surface area contributed by atoms with E-state index in [1.165, 1.54) is 12.8 Å². The molecule has 1 aliphatic carbocycles. The molecule has 0 bridgehead atoms. The van der Waals surface area contributed by atoms with E-state index in [2.05, 4.69) is 56.5 Å². The van der Waals surface area contributed by atoms with Crippen LogP contribution in [-0.4, -0.2) is 47.2 Å². The second-order valence-electron chi connectivity index (χ2n) is 7.39. The second kappa shape index (κ2) is 7.46. The Morgan fingerprint density at radius 2 is 1.57 bits per heavy atom. The highest BCUT2D eigenvalue weighted by Crippen LogP contribution is 2.28. The van der Waals surface area contributed by atoms with E-state index in [9.17, 15) is 0 Å². The van der Waals surface area contributed by atoms with Crippen LogP contribution in [-0.2, 0) is 0 Å². The number of pyridine rings is 1. The molecule has 6 nitrogen and oxygen atoms in total. The largest absolute Gasteiger partial charge is 0.367 e. The van der Waals surface area contributed by atoms with E-state index in [-0.39, 0.29) is 0 Å². The molecule has 2 aromatic heterocycles. The molecule has 0 amide bonds. The third kappa shape index (κ3) is 3.76. The highest BCUT2D eigenvalue weighted by molar-refractivity contribution is 5.65. The Bertz CT molecular complexity index is 918. The van der Waals surface area contributed by atoms with Crippen molar-refractivity contribution in [2.75, 3.05) is 41.3 Å². The summed E-state index contributed by atoms with van der Waals surface area (Å²) in [5.41, 5.74) is 2.10. The lowest BCUT2D eigenvalue weighted by molar-refractivity contribution is 0.635. The summed E-state index contributed by atoms with van der Waals surface area (Å²) < 4.78 is 0. The summed E-state index contributed by atoms with van der Waals surface area (Å²) in [5.74, 6) is 2.78. The first kappa shape index (κ1) is 17.0. The number of piperazine rings is 1. The second-order valence-corrected chi connectivity index (χ2v) is 7.39. The lowest BCUT2D eigenvalue weighted by atomic mass is 10.1. The van der Waals surface area contributed by atoms with Crippen molar-refractivity contribution in [3.63, 3.8) is 0 Å². The number of benzene rings is 1. The maximum atomic E-state index is 4.89. The van der Waals surface area contributed by atoms with E-state index < -0.39 is 0 Å². The molecule has 1 saturated carbocycles. The molecular weight excluding hydrogens is 348 g/mol. The predicted octanol–water partition coefficient (Wildman–Crippen LogP) is 3.44. The molecule has 1 saturated heterocycles. The molecule has 1 N–H and O–H groups in total. The molecule has 3 aromatic rings. The first-order chi connectivity index (χ1) is 13.8. The van der Waals surface area contributed by atoms with Crippen LogP contribution in [0.4, 0.5) is 17.6 Å². The summed E-state index contributed by atoms with van der Waals surface area (Å²) >= 11 is 0. The van der Waals surface area contributed by atoms with Crippen molar-refractivity contribution in [1.82, 2.24) is 15.0 Å². The first-order valence-corrected chi connectivity index (χ1v) is 9.97. The molecule has 28 heavy (non-hydrogen) atoms. The molecule has 0 unspecified atom stereocenters. The summed E-state index contributed by atoms with van der Waals surface area (Å²) in [7, 11) is 0. The molecule has 1 aromatic carbocycles. The monoisotopic (exact) mass is 372 g/mol. The standard InChI is InChI=1S/C22H24N6/c1-2-6-17(7-3-1)19-16-20(24-18-9-10-18)26-22(25-19)28-14-12-27(13-15-28)21-8-4-5-11-23-21/h1-8,11,16,18H,9-10,12-15H2,(H,24,25,26). The van der Waals surface area contributed by atoms with Gasteiger partial charge in [0, 0.05) is 50.0 Å². The number of aromatic nitrogens is 3. The molecule has 2 fully saturated rings. The zero-order valence-electron chi connectivity index (χ0n) is 15.8. The Morgan fingerprint density at radius 1 is 0.821 bits per heavy atom. The van der Waals surface area contributed by atoms with Gasteiger partial charge in [-0.2, -0.15) is 4.98 Å². The van der Waals surface area contributed by atoms with E-state index in [0.29, 0.717) is 6.04 Å². The van der Waals surface area contributed by atoms with Crippen molar-refractivity contribution in [3.8, 4) is 11.3 Å². The number of nitrogens with zero attached hydrogens (tertiary/aromatic N) is 5. The number of hydrogen-bond acceptors (Lipinski definition) is 6. The average molecular weight is 372 g/mol. The maximum absolute atomic E-state index is 4.89. The van der Waals surface area contributed by atoms with Crippen molar-refractivity contribution in [1.29, 1.82) is 0 Å². The number of rotatable bonds is 5. The topological polar surface area (TPSA) is 57.2 Å². The molecule has 2 aliphatic rings. The predicted molar refractivity (Wildman–Crippen MR) is 113 cm³/mol. The summed E-state index contributed by atoms with van der Waals surface area (Å²) in [6.45, 7) is 3.61. The van der Waals surface area contributed by atoms with E-state index in [4.69, 9.17) is 9.97 Å². The van der Waals surface area contributed by atoms with Crippen molar-refractivity contribution in [3.05, 3.63) is 60.8 Å². The fourth-order valence-corrected chi connectivity index (χ4v) is 3.52. The molecule has 0 radical (unpaired) electrons. The zero-order chi connectivity index (χ0) is 18.8. The highest BCUT2D eigenvalue weighted by Gasteiger charge is 2.24. The van der Waals surface area contributed by atoms with Gasteiger partial charge in [-0.1, -0.05) is 36.4 Å². The molecule has 5 rings (SSSR count). The van der Waals surface area contributed by atoms with Crippen LogP contribution in [0.1, 0.15) is 12.8 Å². The Balaban J connectivity index is 1.38. The third-order valence-corrected chi connectivity index (χ3v) is 5.25. The van der Waals surface area contributed by atoms with Gasteiger partial charge in [0.2, 0.25) is 5.95 Å². The smallest absolute Gasteiger partial charge is 0.227 e. The molecular formula is C22H24N6. The number of nitrogens with one attached hydrogen (secondary N) is 1. The van der Waals surface area contributed by atoms with E-state index >= 15 is 0 Å². The van der Waals surface area contributed by atoms with Gasteiger partial charge < -0.3 is 15.1 Å². The van der Waals surface area contributed by atoms with Crippen LogP contribution in [0.3, 0.4) is 0 Å². The number of anilines is 3. The normalized spacial score (nSPS) is 16.9. The van der Waals surface area contributed by atoms with Crippen LogP contribution in [0.15, 0.2) is 60.8 Å². The van der Waals surface area contributed by atoms with E-state index in [1.54, 1.807) is 0 Å². The average Bonchev–Trinajstić information content (AvgIpc) is 3.59. The van der Waals surface area contributed by atoms with Gasteiger partial charge in [0.25, 0.3) is 0 Å². The van der Waals surface area contributed by atoms with Gasteiger partial charge in [0.1, 0.15) is 11.6 Å². The van der Waals surface area contributed by atoms with Crippen molar-refractivity contribution in [2.24, 2.45) is 0 Å². The minimum atomic E-state index is 0.562. The van der Waals surface area contributed by atoms with Crippen LogP contribution in [0, 0.1) is 0 Å². The van der Waals surface area contributed by atoms with Gasteiger partial charge in [-0.25, -0.2) is 9.97 Å². The van der Waals surface area contributed by atoms with Gasteiger partial charge in [-0.3, -0.25) is 0 Å². The molecule has 6 heteroatoms. The van der Waals surface area contributed by atoms with Crippen LogP contribution in [0.2, 0.25) is 0 Å². The SMILES string of the molecule is c1ccc(-c2cc(NC3CC3)nc(N3CCN(c4ccccn4)CC3)n2)cc1. The summed E-state index contributed by atoms with van der Waals surface area (Å²) in [6, 6.07) is 19.0. The van der Waals surface area contributed by atoms with Gasteiger partial charge in [0.15, 0.2) is 0 Å². The molecule has 1 aliphatic heterocycles. The lowest BCUT2D eigenvalue weighted by Gasteiger charge is -2.35. The van der Waals surface area contributed by atoms with Crippen LogP contribution >= 0.6 is 0 Å². The minimum absolute atomic E-state index is 0.562. The fraction of sp³-hybridized carbons (Fsp3) is 0.318. The minimum Gasteiger partial charge on any atom is -0.367 e. The Morgan fingerprint density at radius 3 is 2.29 bits per heavy atom. The Hall–Kier alpha value is -3.15. The Labute approximate surface area is 165 Å². The zero-order valence-corrected chi connectivity index (χ0v) is 15.8. The first-order valence-electron chi connectivity index (χ1n) is 9.97. The summed E-state index contributed by atoms with van der Waals surface area (Å²) in [4.78, 5) is 18.8. The third-order valence-electron chi connectivity index (χ3n) is 5.25. The van der Waals surface area contributed by atoms with Crippen LogP contribution in [0.25, 0.3) is 11.3 Å². The van der Waals surface area contributed by atoms with E-state index in [0.717, 1.165) is 55.0 Å². The molecule has 0 atom stereocenters. The molecule has 3 heterocycles. The van der Waals surface area contributed by atoms with Crippen molar-refractivity contribution >= 4 is 17.6 Å². The van der Waals surface area contributed by atoms with Crippen LogP contribution < -0.4 is 15.1 Å². The van der Waals surface area contributed by atoms with Gasteiger partial charge >= 0.3 is 0 Å². The van der Waals surface area contributed by atoms with E-state index in [1.807, 2.05) is 24.4 Å². The fourth-order valence-electron chi connectivity index (χ4n) is 3.52. The van der Waals surface area contributed by atoms with Gasteiger partial charge in [-0.05, 0) is 25.0 Å². The summed E-state index contributed by atoms with van der Waals surface area (Å²) in [5, 5.41) is 3.54. The highest BCUT2D eigenvalue weighted by atomic mass is 15.3. The molecule has 142 valence electrons. The Kier molecular flexibility index (Phi) is 4.53. The van der Waals surface area contributed by atoms with Crippen LogP contribution in [0.5, 0.6) is 0 Å². The maximum Gasteiger partial charge on any atom is 0.227 e. The lowest BCUT2D eigenvalue weighted by Crippen LogP contribution is -2.47. The van der Waals surface area contributed by atoms with Gasteiger partial charge in [0.05, 0.1) is 5.69 Å². The quantitative estimate of drug-likeness (QED) is 0.740. The van der Waals surface area contributed by atoms with Crippen molar-refractivity contribution in [2.45, 2.75) is 18.9 Å². The molecule has 0 spiro atoms. The summed E-state index contributed by atoms with van der Waals surface area (Å²) in [6.07, 6.45) is 4.30.